The van der Waals surface area contributed by atoms with Crippen LogP contribution in [0.3, 0.4) is 0 Å². The predicted octanol–water partition coefficient (Wildman–Crippen LogP) is 0.640. The van der Waals surface area contributed by atoms with Gasteiger partial charge < -0.3 is 19.7 Å². The third kappa shape index (κ3) is 2.40. The Balaban J connectivity index is 1.87. The maximum Gasteiger partial charge on any atom is 0.358 e. The van der Waals surface area contributed by atoms with Crippen molar-refractivity contribution in [3.05, 3.63) is 17.5 Å². The van der Waals surface area contributed by atoms with Gasteiger partial charge in [-0.2, -0.15) is 0 Å². The molecule has 1 aliphatic rings. The van der Waals surface area contributed by atoms with Gasteiger partial charge in [0.05, 0.1) is 12.6 Å². The number of nitrogens with one attached hydrogen (secondary N) is 1. The standard InChI is InChI=1S/C10H14N2O4/c1-6-8(2-3-15-6)11-5-7-4-9(10(13)14)12-16-7/h4,6,8,11H,2-3,5H2,1H3,(H,13,14). The SMILES string of the molecule is CC1OCCC1NCc1cc(C(=O)O)no1. The molecule has 2 rings (SSSR count). The first kappa shape index (κ1) is 11.1. The summed E-state index contributed by atoms with van der Waals surface area (Å²) in [6, 6.07) is 1.72. The molecule has 1 fully saturated rings. The Bertz CT molecular complexity index is 377. The quantitative estimate of drug-likeness (QED) is 0.783. The Hall–Kier alpha value is -1.40. The van der Waals surface area contributed by atoms with Crippen LogP contribution in [0.25, 0.3) is 0 Å². The second-order valence-electron chi connectivity index (χ2n) is 3.84. The average Bonchev–Trinajstić information content (AvgIpc) is 2.83. The van der Waals surface area contributed by atoms with Crippen LogP contribution in [0.2, 0.25) is 0 Å². The molecule has 1 aliphatic heterocycles. The molecular weight excluding hydrogens is 212 g/mol. The highest BCUT2D eigenvalue weighted by Crippen LogP contribution is 2.13. The fourth-order valence-corrected chi connectivity index (χ4v) is 1.73. The molecule has 6 heteroatoms. The third-order valence-corrected chi connectivity index (χ3v) is 2.69. The smallest absolute Gasteiger partial charge is 0.358 e. The lowest BCUT2D eigenvalue weighted by Gasteiger charge is -2.14. The Morgan fingerprint density at radius 1 is 1.75 bits per heavy atom. The molecule has 88 valence electrons. The molecular formula is C10H14N2O4. The van der Waals surface area contributed by atoms with E-state index >= 15 is 0 Å². The summed E-state index contributed by atoms with van der Waals surface area (Å²) < 4.78 is 10.3. The molecule has 2 unspecified atom stereocenters. The van der Waals surface area contributed by atoms with E-state index in [0.717, 1.165) is 13.0 Å². The van der Waals surface area contributed by atoms with E-state index in [-0.39, 0.29) is 11.8 Å². The molecule has 0 saturated carbocycles. The number of hydrogen-bond donors (Lipinski definition) is 2. The molecule has 0 spiro atoms. The van der Waals surface area contributed by atoms with Gasteiger partial charge in [-0.1, -0.05) is 5.16 Å². The van der Waals surface area contributed by atoms with Crippen molar-refractivity contribution in [1.82, 2.24) is 10.5 Å². The zero-order chi connectivity index (χ0) is 11.5. The minimum absolute atomic E-state index is 0.0625. The van der Waals surface area contributed by atoms with E-state index in [9.17, 15) is 4.79 Å². The van der Waals surface area contributed by atoms with Crippen molar-refractivity contribution in [3.8, 4) is 0 Å². The van der Waals surface area contributed by atoms with E-state index in [0.29, 0.717) is 18.3 Å². The first-order valence-electron chi connectivity index (χ1n) is 5.20. The van der Waals surface area contributed by atoms with Crippen LogP contribution in [-0.2, 0) is 11.3 Å². The van der Waals surface area contributed by atoms with Crippen LogP contribution in [0.5, 0.6) is 0 Å². The Morgan fingerprint density at radius 2 is 2.56 bits per heavy atom. The Labute approximate surface area is 92.6 Å². The summed E-state index contributed by atoms with van der Waals surface area (Å²) in [5.74, 6) is -0.552. The molecule has 2 N–H and O–H groups in total. The van der Waals surface area contributed by atoms with Crippen LogP contribution in [0.1, 0.15) is 29.6 Å². The highest BCUT2D eigenvalue weighted by Gasteiger charge is 2.23. The van der Waals surface area contributed by atoms with Gasteiger partial charge in [0.25, 0.3) is 0 Å². The van der Waals surface area contributed by atoms with Gasteiger partial charge in [-0.15, -0.1) is 0 Å². The molecule has 16 heavy (non-hydrogen) atoms. The summed E-state index contributed by atoms with van der Waals surface area (Å²) in [4.78, 5) is 10.6. The largest absolute Gasteiger partial charge is 0.476 e. The van der Waals surface area contributed by atoms with Gasteiger partial charge in [0.15, 0.2) is 11.5 Å². The molecule has 2 heterocycles. The van der Waals surface area contributed by atoms with Crippen LogP contribution >= 0.6 is 0 Å². The molecule has 2 atom stereocenters. The second kappa shape index (κ2) is 4.63. The Kier molecular flexibility index (Phi) is 3.21. The van der Waals surface area contributed by atoms with E-state index in [1.807, 2.05) is 6.92 Å². The van der Waals surface area contributed by atoms with Gasteiger partial charge in [0, 0.05) is 18.7 Å². The summed E-state index contributed by atoms with van der Waals surface area (Å²) >= 11 is 0. The van der Waals surface area contributed by atoms with Gasteiger partial charge in [-0.3, -0.25) is 0 Å². The maximum atomic E-state index is 10.6. The topological polar surface area (TPSA) is 84.6 Å². The molecule has 0 amide bonds. The maximum absolute atomic E-state index is 10.6. The number of carbonyl (C=O) groups is 1. The first-order valence-corrected chi connectivity index (χ1v) is 5.20. The number of carboxylic acid groups (broad SMARTS) is 1. The zero-order valence-electron chi connectivity index (χ0n) is 8.97. The van der Waals surface area contributed by atoms with Crippen LogP contribution in [0.4, 0.5) is 0 Å². The van der Waals surface area contributed by atoms with Crippen molar-refractivity contribution in [2.75, 3.05) is 6.61 Å². The highest BCUT2D eigenvalue weighted by atomic mass is 16.5. The molecule has 0 bridgehead atoms. The number of rotatable bonds is 4. The molecule has 1 aromatic rings. The lowest BCUT2D eigenvalue weighted by Crippen LogP contribution is -2.33. The molecule has 1 aromatic heterocycles. The summed E-state index contributed by atoms with van der Waals surface area (Å²) in [5.41, 5.74) is -0.0625. The summed E-state index contributed by atoms with van der Waals surface area (Å²) in [7, 11) is 0. The molecule has 0 radical (unpaired) electrons. The van der Waals surface area contributed by atoms with Gasteiger partial charge in [-0.05, 0) is 13.3 Å². The molecule has 1 saturated heterocycles. The number of aromatic carboxylic acids is 1. The van der Waals surface area contributed by atoms with Crippen LogP contribution < -0.4 is 5.32 Å². The third-order valence-electron chi connectivity index (χ3n) is 2.69. The molecule has 6 nitrogen and oxygen atoms in total. The number of aromatic nitrogens is 1. The summed E-state index contributed by atoms with van der Waals surface area (Å²) in [6.07, 6.45) is 1.14. The summed E-state index contributed by atoms with van der Waals surface area (Å²) in [6.45, 7) is 3.24. The minimum Gasteiger partial charge on any atom is -0.476 e. The number of nitrogens with zero attached hydrogens (tertiary/aromatic N) is 1. The van der Waals surface area contributed by atoms with Crippen LogP contribution in [-0.4, -0.2) is 35.0 Å². The van der Waals surface area contributed by atoms with E-state index < -0.39 is 5.97 Å². The fourth-order valence-electron chi connectivity index (χ4n) is 1.73. The van der Waals surface area contributed by atoms with Gasteiger partial charge in [0.2, 0.25) is 0 Å². The lowest BCUT2D eigenvalue weighted by molar-refractivity contribution is 0.0685. The van der Waals surface area contributed by atoms with Crippen molar-refractivity contribution in [2.45, 2.75) is 32.0 Å². The summed E-state index contributed by atoms with van der Waals surface area (Å²) in [5, 5.41) is 15.3. The van der Waals surface area contributed by atoms with Crippen molar-refractivity contribution < 1.29 is 19.2 Å². The number of hydrogen-bond acceptors (Lipinski definition) is 5. The fraction of sp³-hybridized carbons (Fsp3) is 0.600. The zero-order valence-corrected chi connectivity index (χ0v) is 8.97. The number of carboxylic acids is 1. The minimum atomic E-state index is -1.08. The monoisotopic (exact) mass is 226 g/mol. The number of ether oxygens (including phenoxy) is 1. The van der Waals surface area contributed by atoms with Gasteiger partial charge >= 0.3 is 5.97 Å². The lowest BCUT2D eigenvalue weighted by atomic mass is 10.1. The van der Waals surface area contributed by atoms with Crippen molar-refractivity contribution in [1.29, 1.82) is 0 Å². The van der Waals surface area contributed by atoms with Crippen molar-refractivity contribution >= 4 is 5.97 Å². The normalized spacial score (nSPS) is 24.8. The first-order chi connectivity index (χ1) is 7.66. The highest BCUT2D eigenvalue weighted by molar-refractivity contribution is 5.85. The van der Waals surface area contributed by atoms with Crippen molar-refractivity contribution in [3.63, 3.8) is 0 Å². The van der Waals surface area contributed by atoms with Crippen molar-refractivity contribution in [2.24, 2.45) is 0 Å². The van der Waals surface area contributed by atoms with E-state index in [2.05, 4.69) is 10.5 Å². The van der Waals surface area contributed by atoms with E-state index in [4.69, 9.17) is 14.4 Å². The van der Waals surface area contributed by atoms with Crippen LogP contribution in [0, 0.1) is 0 Å². The van der Waals surface area contributed by atoms with E-state index in [1.165, 1.54) is 6.07 Å². The van der Waals surface area contributed by atoms with Gasteiger partial charge in [0.1, 0.15) is 0 Å². The van der Waals surface area contributed by atoms with Gasteiger partial charge in [-0.25, -0.2) is 4.79 Å². The Morgan fingerprint density at radius 3 is 3.12 bits per heavy atom. The van der Waals surface area contributed by atoms with Crippen LogP contribution in [0.15, 0.2) is 10.6 Å². The average molecular weight is 226 g/mol. The van der Waals surface area contributed by atoms with E-state index in [1.54, 1.807) is 0 Å². The molecule has 0 aromatic carbocycles. The predicted molar refractivity (Wildman–Crippen MR) is 54.1 cm³/mol. The molecule has 0 aliphatic carbocycles. The second-order valence-corrected chi connectivity index (χ2v) is 3.84.